The Bertz CT molecular complexity index is 1550. The van der Waals surface area contributed by atoms with Gasteiger partial charge in [0.05, 0.1) is 28.7 Å². The molecule has 0 bridgehead atoms. The molecular formula is C35H38N4O4. The molecular weight excluding hydrogens is 540 g/mol. The van der Waals surface area contributed by atoms with E-state index in [-0.39, 0.29) is 30.9 Å². The molecule has 3 amide bonds. The molecule has 2 heterocycles. The molecule has 1 aliphatic rings. The molecule has 0 radical (unpaired) electrons. The zero-order valence-corrected chi connectivity index (χ0v) is 24.5. The number of hydrogen-bond acceptors (Lipinski definition) is 3. The van der Waals surface area contributed by atoms with Crippen LogP contribution in [0.2, 0.25) is 0 Å². The van der Waals surface area contributed by atoms with Gasteiger partial charge in [-0.1, -0.05) is 92.6 Å². The number of nitrogens with zero attached hydrogens (tertiary/aromatic N) is 3. The van der Waals surface area contributed by atoms with Gasteiger partial charge in [-0.15, -0.1) is 0 Å². The van der Waals surface area contributed by atoms with Gasteiger partial charge < -0.3 is 24.8 Å². The van der Waals surface area contributed by atoms with E-state index in [9.17, 15) is 19.5 Å². The molecule has 1 unspecified atom stereocenters. The Morgan fingerprint density at radius 2 is 1.56 bits per heavy atom. The first-order valence-corrected chi connectivity index (χ1v) is 14.9. The Morgan fingerprint density at radius 1 is 0.860 bits per heavy atom. The van der Waals surface area contributed by atoms with Gasteiger partial charge in [0.2, 0.25) is 5.91 Å². The maximum atomic E-state index is 14.4. The normalized spacial score (nSPS) is 14.9. The Morgan fingerprint density at radius 3 is 2.28 bits per heavy atom. The van der Waals surface area contributed by atoms with E-state index in [0.717, 1.165) is 41.8 Å². The van der Waals surface area contributed by atoms with E-state index in [0.29, 0.717) is 30.6 Å². The largest absolute Gasteiger partial charge is 0.465 e. The first-order chi connectivity index (χ1) is 21.0. The second-order valence-electron chi connectivity index (χ2n) is 10.9. The number of anilines is 1. The van der Waals surface area contributed by atoms with Crippen molar-refractivity contribution in [3.63, 3.8) is 0 Å². The lowest BCUT2D eigenvalue weighted by Gasteiger charge is -2.40. The molecule has 1 fully saturated rings. The molecule has 43 heavy (non-hydrogen) atoms. The molecule has 8 heteroatoms. The van der Waals surface area contributed by atoms with Crippen molar-refractivity contribution in [3.8, 4) is 16.9 Å². The Kier molecular flexibility index (Phi) is 9.56. The van der Waals surface area contributed by atoms with E-state index in [1.54, 1.807) is 0 Å². The molecule has 2 N–H and O–H groups in total. The number of carbonyl (C=O) groups is 3. The lowest BCUT2D eigenvalue weighted by Crippen LogP contribution is -2.57. The number of rotatable bonds is 10. The number of amides is 3. The van der Waals surface area contributed by atoms with Gasteiger partial charge in [-0.2, -0.15) is 0 Å². The standard InChI is InChI=1S/C35H38N4O4/c1-2-3-6-19-32(40)36-30-17-11-12-18-31(30)39-21-20-29(33(39)27-15-9-5-10-16-27)34(41)38-23-22-37(35(42)43)25-28(38)24-26-13-7-4-8-14-26/h4-5,7-18,20-21,28H,2-3,6,19,22-25H2,1H3,(H,36,40)(H,42,43). The van der Waals surface area contributed by atoms with Gasteiger partial charge in [0, 0.05) is 32.3 Å². The van der Waals surface area contributed by atoms with Crippen LogP contribution in [0.15, 0.2) is 97.2 Å². The fourth-order valence-electron chi connectivity index (χ4n) is 5.75. The highest BCUT2D eigenvalue weighted by atomic mass is 16.4. The van der Waals surface area contributed by atoms with Gasteiger partial charge in [-0.05, 0) is 42.2 Å². The van der Waals surface area contributed by atoms with E-state index in [1.807, 2.05) is 107 Å². The van der Waals surface area contributed by atoms with E-state index >= 15 is 0 Å². The van der Waals surface area contributed by atoms with Gasteiger partial charge in [-0.3, -0.25) is 9.59 Å². The third-order valence-electron chi connectivity index (χ3n) is 7.94. The van der Waals surface area contributed by atoms with Crippen molar-refractivity contribution in [2.75, 3.05) is 25.0 Å². The highest BCUT2D eigenvalue weighted by Gasteiger charge is 2.35. The fraction of sp³-hybridized carbons (Fsp3) is 0.286. The molecule has 1 aromatic heterocycles. The second kappa shape index (κ2) is 13.9. The third-order valence-corrected chi connectivity index (χ3v) is 7.94. The van der Waals surface area contributed by atoms with Crippen molar-refractivity contribution in [1.29, 1.82) is 0 Å². The van der Waals surface area contributed by atoms with Crippen molar-refractivity contribution in [2.24, 2.45) is 0 Å². The molecule has 0 saturated carbocycles. The second-order valence-corrected chi connectivity index (χ2v) is 10.9. The van der Waals surface area contributed by atoms with E-state index in [1.165, 1.54) is 4.90 Å². The zero-order valence-electron chi connectivity index (χ0n) is 24.5. The zero-order chi connectivity index (χ0) is 30.2. The van der Waals surface area contributed by atoms with Gasteiger partial charge in [0.15, 0.2) is 0 Å². The van der Waals surface area contributed by atoms with Crippen molar-refractivity contribution < 1.29 is 19.5 Å². The summed E-state index contributed by atoms with van der Waals surface area (Å²) < 4.78 is 1.96. The Balaban J connectivity index is 1.52. The summed E-state index contributed by atoms with van der Waals surface area (Å²) >= 11 is 0. The van der Waals surface area contributed by atoms with Crippen molar-refractivity contribution in [3.05, 3.63) is 108 Å². The summed E-state index contributed by atoms with van der Waals surface area (Å²) in [4.78, 5) is 42.3. The molecule has 8 nitrogen and oxygen atoms in total. The van der Waals surface area contributed by atoms with Crippen molar-refractivity contribution in [1.82, 2.24) is 14.4 Å². The van der Waals surface area contributed by atoms with Crippen molar-refractivity contribution >= 4 is 23.6 Å². The van der Waals surface area contributed by atoms with Crippen LogP contribution >= 0.6 is 0 Å². The number of nitrogens with one attached hydrogen (secondary N) is 1. The summed E-state index contributed by atoms with van der Waals surface area (Å²) in [7, 11) is 0. The average Bonchev–Trinajstić information content (AvgIpc) is 3.47. The van der Waals surface area contributed by atoms with Gasteiger partial charge >= 0.3 is 6.09 Å². The third kappa shape index (κ3) is 6.97. The number of aromatic nitrogens is 1. The Hall–Kier alpha value is -4.85. The highest BCUT2D eigenvalue weighted by Crippen LogP contribution is 2.33. The topological polar surface area (TPSA) is 94.9 Å². The number of hydrogen-bond donors (Lipinski definition) is 2. The number of carboxylic acid groups (broad SMARTS) is 1. The number of unbranched alkanes of at least 4 members (excludes halogenated alkanes) is 2. The number of piperazine rings is 1. The lowest BCUT2D eigenvalue weighted by molar-refractivity contribution is -0.116. The molecule has 3 aromatic carbocycles. The quantitative estimate of drug-likeness (QED) is 0.205. The molecule has 1 atom stereocenters. The van der Waals surface area contributed by atoms with Gasteiger partial charge in [0.25, 0.3) is 5.91 Å². The van der Waals surface area contributed by atoms with Gasteiger partial charge in [0.1, 0.15) is 0 Å². The van der Waals surface area contributed by atoms with Gasteiger partial charge in [-0.25, -0.2) is 4.79 Å². The van der Waals surface area contributed by atoms with E-state index in [2.05, 4.69) is 12.2 Å². The van der Waals surface area contributed by atoms with Crippen LogP contribution in [0.1, 0.15) is 48.5 Å². The maximum absolute atomic E-state index is 14.4. The van der Waals surface area contributed by atoms with Crippen LogP contribution in [0.25, 0.3) is 16.9 Å². The molecule has 4 aromatic rings. The summed E-state index contributed by atoms with van der Waals surface area (Å²) in [5.74, 6) is -0.185. The lowest BCUT2D eigenvalue weighted by atomic mass is 10.00. The molecule has 222 valence electrons. The molecule has 0 aliphatic carbocycles. The molecule has 0 spiro atoms. The van der Waals surface area contributed by atoms with Crippen LogP contribution < -0.4 is 5.32 Å². The molecule has 1 saturated heterocycles. The van der Waals surface area contributed by atoms with Crippen LogP contribution in [-0.2, 0) is 11.2 Å². The smallest absolute Gasteiger partial charge is 0.407 e. The summed E-state index contributed by atoms with van der Waals surface area (Å²) in [6, 6.07) is 28.7. The van der Waals surface area contributed by atoms with Crippen LogP contribution in [0.3, 0.4) is 0 Å². The summed E-state index contributed by atoms with van der Waals surface area (Å²) in [6.07, 6.45) is 4.77. The van der Waals surface area contributed by atoms with Crippen LogP contribution in [0.5, 0.6) is 0 Å². The molecule has 1 aliphatic heterocycles. The minimum atomic E-state index is -0.977. The van der Waals surface area contributed by atoms with Crippen molar-refractivity contribution in [2.45, 2.75) is 45.1 Å². The number of benzene rings is 3. The summed E-state index contributed by atoms with van der Waals surface area (Å²) in [5.41, 5.74) is 4.59. The SMILES string of the molecule is CCCCCC(=O)Nc1ccccc1-n1ccc(C(=O)N2CCN(C(=O)O)CC2Cc2ccccc2)c1-c1ccccc1. The summed E-state index contributed by atoms with van der Waals surface area (Å²) in [6.45, 7) is 2.90. The Labute approximate surface area is 252 Å². The van der Waals surface area contributed by atoms with E-state index < -0.39 is 6.09 Å². The van der Waals surface area contributed by atoms with E-state index in [4.69, 9.17) is 0 Å². The number of carbonyl (C=O) groups excluding carboxylic acids is 2. The maximum Gasteiger partial charge on any atom is 0.407 e. The van der Waals surface area contributed by atoms with Crippen LogP contribution in [-0.4, -0.2) is 63.1 Å². The minimum absolute atomic E-state index is 0.0364. The van der Waals surface area contributed by atoms with Crippen LogP contribution in [0.4, 0.5) is 10.5 Å². The predicted octanol–water partition coefficient (Wildman–Crippen LogP) is 6.71. The minimum Gasteiger partial charge on any atom is -0.465 e. The number of para-hydroxylation sites is 2. The predicted molar refractivity (Wildman–Crippen MR) is 169 cm³/mol. The fourth-order valence-corrected chi connectivity index (χ4v) is 5.75. The highest BCUT2D eigenvalue weighted by molar-refractivity contribution is 6.01. The first-order valence-electron chi connectivity index (χ1n) is 14.9. The average molecular weight is 579 g/mol. The first kappa shape index (κ1) is 29.6. The molecule has 5 rings (SSSR count). The monoisotopic (exact) mass is 578 g/mol. The summed E-state index contributed by atoms with van der Waals surface area (Å²) in [5, 5.41) is 12.8. The van der Waals surface area contributed by atoms with Crippen LogP contribution in [0, 0.1) is 0 Å².